The average molecular weight is 249 g/mol. The first kappa shape index (κ1) is 13.9. The molecule has 6 heteroatoms. The van der Waals surface area contributed by atoms with Gasteiger partial charge < -0.3 is 5.73 Å². The Bertz CT molecular complexity index is 305. The Morgan fingerprint density at radius 3 is 2.75 bits per heavy atom. The molecule has 0 aromatic carbocycles. The molecule has 1 saturated heterocycles. The molecule has 0 bridgehead atoms. The molecule has 1 aliphatic heterocycles. The first-order valence-corrected chi connectivity index (χ1v) is 7.33. The van der Waals surface area contributed by atoms with Gasteiger partial charge in [-0.25, -0.2) is 0 Å². The molecule has 1 unspecified atom stereocenters. The Morgan fingerprint density at radius 1 is 1.50 bits per heavy atom. The summed E-state index contributed by atoms with van der Waals surface area (Å²) in [5, 5.41) is 0. The predicted molar refractivity (Wildman–Crippen MR) is 65.2 cm³/mol. The van der Waals surface area contributed by atoms with Crippen LogP contribution in [-0.2, 0) is 10.2 Å². The molecule has 0 aliphatic carbocycles. The van der Waals surface area contributed by atoms with Gasteiger partial charge in [-0.3, -0.25) is 0 Å². The van der Waals surface area contributed by atoms with Crippen molar-refractivity contribution in [2.75, 3.05) is 33.2 Å². The van der Waals surface area contributed by atoms with Crippen molar-refractivity contribution >= 4 is 10.2 Å². The summed E-state index contributed by atoms with van der Waals surface area (Å²) in [6.07, 6.45) is 2.80. The van der Waals surface area contributed by atoms with Crippen molar-refractivity contribution < 1.29 is 8.42 Å². The fourth-order valence-corrected chi connectivity index (χ4v) is 3.62. The minimum absolute atomic E-state index is 0.318. The fraction of sp³-hybridized carbons (Fsp3) is 1.00. The van der Waals surface area contributed by atoms with Crippen LogP contribution in [0.15, 0.2) is 0 Å². The third-order valence-electron chi connectivity index (χ3n) is 3.07. The topological polar surface area (TPSA) is 66.6 Å². The molecule has 0 saturated carbocycles. The molecule has 0 radical (unpaired) electrons. The van der Waals surface area contributed by atoms with Crippen molar-refractivity contribution in [3.05, 3.63) is 0 Å². The smallest absolute Gasteiger partial charge is 0.281 e. The maximum Gasteiger partial charge on any atom is 0.281 e. The van der Waals surface area contributed by atoms with Gasteiger partial charge in [0.2, 0.25) is 0 Å². The number of nitrogens with zero attached hydrogens (tertiary/aromatic N) is 2. The Labute approximate surface area is 98.8 Å². The SMILES string of the molecule is CCCN(C)S(=O)(=O)N1CCCC(CN)C1. The van der Waals surface area contributed by atoms with E-state index in [1.165, 1.54) is 4.31 Å². The third kappa shape index (κ3) is 3.16. The molecule has 1 fully saturated rings. The zero-order chi connectivity index (χ0) is 12.2. The minimum Gasteiger partial charge on any atom is -0.330 e. The monoisotopic (exact) mass is 249 g/mol. The highest BCUT2D eigenvalue weighted by Crippen LogP contribution is 2.19. The Balaban J connectivity index is 2.67. The third-order valence-corrected chi connectivity index (χ3v) is 5.03. The van der Waals surface area contributed by atoms with E-state index in [9.17, 15) is 8.42 Å². The predicted octanol–water partition coefficient (Wildman–Crippen LogP) is 0.244. The van der Waals surface area contributed by atoms with Gasteiger partial charge in [-0.1, -0.05) is 6.92 Å². The van der Waals surface area contributed by atoms with E-state index in [1.54, 1.807) is 11.4 Å². The van der Waals surface area contributed by atoms with E-state index >= 15 is 0 Å². The zero-order valence-corrected chi connectivity index (χ0v) is 11.0. The van der Waals surface area contributed by atoms with Crippen LogP contribution in [0.4, 0.5) is 0 Å². The van der Waals surface area contributed by atoms with Crippen LogP contribution in [-0.4, -0.2) is 50.3 Å². The number of hydrogen-bond donors (Lipinski definition) is 1. The van der Waals surface area contributed by atoms with Crippen LogP contribution in [0, 0.1) is 5.92 Å². The summed E-state index contributed by atoms with van der Waals surface area (Å²) in [6.45, 7) is 4.33. The van der Waals surface area contributed by atoms with E-state index in [0.717, 1.165) is 19.3 Å². The lowest BCUT2D eigenvalue weighted by molar-refractivity contribution is 0.255. The van der Waals surface area contributed by atoms with Gasteiger partial charge in [-0.05, 0) is 31.7 Å². The summed E-state index contributed by atoms with van der Waals surface area (Å²) in [5.41, 5.74) is 5.61. The molecule has 2 N–H and O–H groups in total. The fourth-order valence-electron chi connectivity index (χ4n) is 2.06. The molecule has 0 aromatic heterocycles. The first-order chi connectivity index (χ1) is 7.52. The average Bonchev–Trinajstić information content (AvgIpc) is 2.29. The van der Waals surface area contributed by atoms with Crippen molar-refractivity contribution in [2.24, 2.45) is 11.7 Å². The second-order valence-corrected chi connectivity index (χ2v) is 6.47. The molecular weight excluding hydrogens is 226 g/mol. The molecular formula is C10H23N3O2S. The van der Waals surface area contributed by atoms with Gasteiger partial charge in [-0.15, -0.1) is 0 Å². The van der Waals surface area contributed by atoms with Crippen LogP contribution in [0.5, 0.6) is 0 Å². The Kier molecular flexibility index (Phi) is 5.17. The van der Waals surface area contributed by atoms with Gasteiger partial charge in [0.25, 0.3) is 10.2 Å². The Morgan fingerprint density at radius 2 is 2.19 bits per heavy atom. The maximum atomic E-state index is 12.1. The minimum atomic E-state index is -3.26. The molecule has 1 atom stereocenters. The molecule has 0 spiro atoms. The van der Waals surface area contributed by atoms with Crippen LogP contribution < -0.4 is 5.73 Å². The van der Waals surface area contributed by atoms with Gasteiger partial charge in [0.1, 0.15) is 0 Å². The van der Waals surface area contributed by atoms with Crippen molar-refractivity contribution in [1.29, 1.82) is 0 Å². The molecule has 1 rings (SSSR count). The highest BCUT2D eigenvalue weighted by atomic mass is 32.2. The zero-order valence-electron chi connectivity index (χ0n) is 10.2. The van der Waals surface area contributed by atoms with E-state index in [4.69, 9.17) is 5.73 Å². The van der Waals surface area contributed by atoms with Gasteiger partial charge in [-0.2, -0.15) is 17.0 Å². The lowest BCUT2D eigenvalue weighted by atomic mass is 10.0. The second-order valence-electron chi connectivity index (χ2n) is 4.43. The Hall–Kier alpha value is -0.170. The lowest BCUT2D eigenvalue weighted by Gasteiger charge is -2.33. The summed E-state index contributed by atoms with van der Waals surface area (Å²) in [7, 11) is -1.61. The number of hydrogen-bond acceptors (Lipinski definition) is 3. The molecule has 1 aliphatic rings. The van der Waals surface area contributed by atoms with Crippen molar-refractivity contribution in [3.8, 4) is 0 Å². The summed E-state index contributed by atoms with van der Waals surface area (Å²) >= 11 is 0. The van der Waals surface area contributed by atoms with Crippen LogP contribution in [0.1, 0.15) is 26.2 Å². The van der Waals surface area contributed by atoms with E-state index in [2.05, 4.69) is 0 Å². The number of rotatable bonds is 5. The maximum absolute atomic E-state index is 12.1. The van der Waals surface area contributed by atoms with Crippen LogP contribution in [0.25, 0.3) is 0 Å². The van der Waals surface area contributed by atoms with Gasteiger partial charge >= 0.3 is 0 Å². The van der Waals surface area contributed by atoms with Crippen LogP contribution in [0.2, 0.25) is 0 Å². The quantitative estimate of drug-likeness (QED) is 0.759. The second kappa shape index (κ2) is 5.95. The molecule has 0 aromatic rings. The summed E-state index contributed by atoms with van der Waals surface area (Å²) < 4.78 is 27.3. The number of piperidine rings is 1. The van der Waals surface area contributed by atoms with Gasteiger partial charge in [0.15, 0.2) is 0 Å². The highest BCUT2D eigenvalue weighted by molar-refractivity contribution is 7.86. The van der Waals surface area contributed by atoms with E-state index in [1.807, 2.05) is 6.92 Å². The van der Waals surface area contributed by atoms with Crippen molar-refractivity contribution in [2.45, 2.75) is 26.2 Å². The van der Waals surface area contributed by atoms with Crippen LogP contribution >= 0.6 is 0 Å². The van der Waals surface area contributed by atoms with Gasteiger partial charge in [0.05, 0.1) is 0 Å². The van der Waals surface area contributed by atoms with E-state index in [-0.39, 0.29) is 0 Å². The van der Waals surface area contributed by atoms with Crippen LogP contribution in [0.3, 0.4) is 0 Å². The molecule has 1 heterocycles. The van der Waals surface area contributed by atoms with Crippen molar-refractivity contribution in [3.63, 3.8) is 0 Å². The summed E-state index contributed by atoms with van der Waals surface area (Å²) in [5.74, 6) is 0.318. The molecule has 0 amide bonds. The van der Waals surface area contributed by atoms with Gasteiger partial charge in [0, 0.05) is 26.7 Å². The van der Waals surface area contributed by atoms with E-state index < -0.39 is 10.2 Å². The molecule has 5 nitrogen and oxygen atoms in total. The summed E-state index contributed by atoms with van der Waals surface area (Å²) in [6, 6.07) is 0. The first-order valence-electron chi connectivity index (χ1n) is 5.93. The highest BCUT2D eigenvalue weighted by Gasteiger charge is 2.30. The number of nitrogens with two attached hydrogens (primary N) is 1. The summed E-state index contributed by atoms with van der Waals surface area (Å²) in [4.78, 5) is 0. The lowest BCUT2D eigenvalue weighted by Crippen LogP contribution is -2.47. The largest absolute Gasteiger partial charge is 0.330 e. The van der Waals surface area contributed by atoms with Crippen molar-refractivity contribution in [1.82, 2.24) is 8.61 Å². The normalized spacial score (nSPS) is 23.9. The molecule has 96 valence electrons. The molecule has 16 heavy (non-hydrogen) atoms. The van der Waals surface area contributed by atoms with E-state index in [0.29, 0.717) is 32.1 Å². The standard InChI is InChI=1S/C10H23N3O2S/c1-3-6-12(2)16(14,15)13-7-4-5-10(8-11)9-13/h10H,3-9,11H2,1-2H3.